The quantitative estimate of drug-likeness (QED) is 0.136. The van der Waals surface area contributed by atoms with Gasteiger partial charge in [0, 0.05) is 51.5 Å². The van der Waals surface area contributed by atoms with Crippen LogP contribution in [-0.4, -0.2) is 9.55 Å². The molecule has 0 aliphatic rings. The van der Waals surface area contributed by atoms with Crippen molar-refractivity contribution in [1.29, 1.82) is 0 Å². The third-order valence-electron chi connectivity index (χ3n) is 13.0. The van der Waals surface area contributed by atoms with E-state index in [0.717, 1.165) is 101 Å². The molecule has 2 aromatic heterocycles. The maximum atomic E-state index is 6.74. The van der Waals surface area contributed by atoms with E-state index < -0.39 is 0 Å². The molecule has 69 heavy (non-hydrogen) atoms. The summed E-state index contributed by atoms with van der Waals surface area (Å²) in [6, 6.07) is 78.8. The standard InChI is InChI=1S/C64H52N4O/c1-43-38-62(65-42-57(43)47-30-33-49(34-31-47)64(2,3)4)68-60-37-32-48(44-18-8-5-9-19-44)39-56(60)55-36-35-52(41-61(55)68)69-51-25-16-24-50(40-51)66-58-28-14-15-29-59(58)67-63-53(45-20-10-6-11-21-45)26-17-27-54(63)46-22-12-7-13-23-46/h5-42,66-67H,1-4H3. The van der Waals surface area contributed by atoms with Crippen molar-refractivity contribution < 1.29 is 4.74 Å². The van der Waals surface area contributed by atoms with Crippen LogP contribution in [0.15, 0.2) is 231 Å². The van der Waals surface area contributed by atoms with Gasteiger partial charge in [0.2, 0.25) is 0 Å². The number of anilines is 4. The van der Waals surface area contributed by atoms with Gasteiger partial charge in [-0.1, -0.05) is 178 Å². The maximum Gasteiger partial charge on any atom is 0.137 e. The highest BCUT2D eigenvalue weighted by atomic mass is 16.5. The SMILES string of the molecule is Cc1cc(-n2c3ccc(-c4ccccc4)cc3c3ccc(Oc4cccc(Nc5ccccc5Nc5c(-c6ccccc6)cccc5-c5ccccc5)c4)cc32)ncc1-c1ccc(C(C)(C)C)cc1. The third kappa shape index (κ3) is 8.74. The van der Waals surface area contributed by atoms with Crippen LogP contribution in [0, 0.1) is 6.92 Å². The smallest absolute Gasteiger partial charge is 0.137 e. The average Bonchev–Trinajstić information content (AvgIpc) is 3.70. The van der Waals surface area contributed by atoms with Crippen LogP contribution in [0.3, 0.4) is 0 Å². The number of benzene rings is 9. The molecular formula is C64H52N4O. The lowest BCUT2D eigenvalue weighted by molar-refractivity contribution is 0.483. The summed E-state index contributed by atoms with van der Waals surface area (Å²) >= 11 is 0. The first kappa shape index (κ1) is 42.9. The second-order valence-electron chi connectivity index (χ2n) is 18.7. The minimum absolute atomic E-state index is 0.0872. The fraction of sp³-hybridized carbons (Fsp3) is 0.0781. The number of nitrogens with zero attached hydrogens (tertiary/aromatic N) is 2. The number of hydrogen-bond acceptors (Lipinski definition) is 4. The van der Waals surface area contributed by atoms with Gasteiger partial charge in [-0.3, -0.25) is 4.57 Å². The highest BCUT2D eigenvalue weighted by molar-refractivity contribution is 6.11. The number of hydrogen-bond donors (Lipinski definition) is 2. The molecule has 0 radical (unpaired) electrons. The molecule has 9 aromatic carbocycles. The summed E-state index contributed by atoms with van der Waals surface area (Å²) in [7, 11) is 0. The van der Waals surface area contributed by atoms with Crippen molar-refractivity contribution in [2.75, 3.05) is 10.6 Å². The molecule has 0 amide bonds. The fourth-order valence-corrected chi connectivity index (χ4v) is 9.40. The molecule has 0 aliphatic heterocycles. The van der Waals surface area contributed by atoms with Gasteiger partial charge in [0.05, 0.1) is 28.1 Å². The minimum Gasteiger partial charge on any atom is -0.457 e. The van der Waals surface area contributed by atoms with Crippen LogP contribution in [0.4, 0.5) is 22.7 Å². The van der Waals surface area contributed by atoms with Crippen molar-refractivity contribution in [1.82, 2.24) is 9.55 Å². The molecule has 0 aliphatic carbocycles. The summed E-state index contributed by atoms with van der Waals surface area (Å²) in [5.41, 5.74) is 17.6. The van der Waals surface area contributed by atoms with Gasteiger partial charge >= 0.3 is 0 Å². The molecule has 5 nitrogen and oxygen atoms in total. The van der Waals surface area contributed by atoms with E-state index in [1.54, 1.807) is 0 Å². The second-order valence-corrected chi connectivity index (χ2v) is 18.7. The summed E-state index contributed by atoms with van der Waals surface area (Å²) in [4.78, 5) is 5.16. The van der Waals surface area contributed by atoms with Crippen molar-refractivity contribution in [3.63, 3.8) is 0 Å². The van der Waals surface area contributed by atoms with E-state index in [1.807, 2.05) is 24.4 Å². The largest absolute Gasteiger partial charge is 0.457 e. The van der Waals surface area contributed by atoms with Crippen molar-refractivity contribution in [3.05, 3.63) is 242 Å². The Morgan fingerprint density at radius 3 is 1.67 bits per heavy atom. The molecule has 0 saturated carbocycles. The minimum atomic E-state index is 0.0872. The average molecular weight is 893 g/mol. The van der Waals surface area contributed by atoms with E-state index in [0.29, 0.717) is 0 Å². The van der Waals surface area contributed by atoms with E-state index in [4.69, 9.17) is 9.72 Å². The Bertz CT molecular complexity index is 3550. The molecule has 11 aromatic rings. The van der Waals surface area contributed by atoms with Crippen molar-refractivity contribution in [3.8, 4) is 61.8 Å². The first-order chi connectivity index (χ1) is 33.7. The molecule has 0 bridgehead atoms. The van der Waals surface area contributed by atoms with Gasteiger partial charge in [0.15, 0.2) is 0 Å². The zero-order valence-electron chi connectivity index (χ0n) is 39.2. The van der Waals surface area contributed by atoms with Gasteiger partial charge in [-0.2, -0.15) is 0 Å². The van der Waals surface area contributed by atoms with Crippen LogP contribution in [0.5, 0.6) is 11.5 Å². The number of rotatable bonds is 11. The topological polar surface area (TPSA) is 51.1 Å². The Balaban J connectivity index is 0.929. The second kappa shape index (κ2) is 18.2. The monoisotopic (exact) mass is 892 g/mol. The molecular weight excluding hydrogens is 841 g/mol. The predicted octanol–water partition coefficient (Wildman–Crippen LogP) is 17.7. The summed E-state index contributed by atoms with van der Waals surface area (Å²) < 4.78 is 9.02. The highest BCUT2D eigenvalue weighted by Crippen LogP contribution is 2.42. The van der Waals surface area contributed by atoms with E-state index in [1.165, 1.54) is 16.7 Å². The van der Waals surface area contributed by atoms with E-state index in [9.17, 15) is 0 Å². The van der Waals surface area contributed by atoms with Gasteiger partial charge in [-0.15, -0.1) is 0 Å². The fourth-order valence-electron chi connectivity index (χ4n) is 9.40. The van der Waals surface area contributed by atoms with Crippen LogP contribution in [0.2, 0.25) is 0 Å². The van der Waals surface area contributed by atoms with Gasteiger partial charge in [-0.25, -0.2) is 4.98 Å². The summed E-state index contributed by atoms with van der Waals surface area (Å²) in [6.45, 7) is 8.92. The van der Waals surface area contributed by atoms with Crippen LogP contribution < -0.4 is 15.4 Å². The summed E-state index contributed by atoms with van der Waals surface area (Å²) in [6.07, 6.45) is 2.02. The highest BCUT2D eigenvalue weighted by Gasteiger charge is 2.19. The molecule has 334 valence electrons. The molecule has 5 heteroatoms. The lowest BCUT2D eigenvalue weighted by Crippen LogP contribution is -2.10. The molecule has 11 rings (SSSR count). The Hall–Kier alpha value is -8.67. The van der Waals surface area contributed by atoms with Crippen LogP contribution in [-0.2, 0) is 5.41 Å². The number of nitrogens with one attached hydrogen (secondary N) is 2. The van der Waals surface area contributed by atoms with Crippen LogP contribution in [0.1, 0.15) is 31.9 Å². The molecule has 0 spiro atoms. The summed E-state index contributed by atoms with van der Waals surface area (Å²) in [5.74, 6) is 2.30. The van der Waals surface area contributed by atoms with Crippen LogP contribution in [0.25, 0.3) is 72.1 Å². The van der Waals surface area contributed by atoms with E-state index in [-0.39, 0.29) is 5.41 Å². The number of aromatic nitrogens is 2. The number of aryl methyl sites for hydroxylation is 1. The first-order valence-electron chi connectivity index (χ1n) is 23.6. The molecule has 2 N–H and O–H groups in total. The van der Waals surface area contributed by atoms with E-state index in [2.05, 4.69) is 249 Å². The van der Waals surface area contributed by atoms with Gasteiger partial charge < -0.3 is 15.4 Å². The van der Waals surface area contributed by atoms with Gasteiger partial charge in [0.1, 0.15) is 17.3 Å². The predicted molar refractivity (Wildman–Crippen MR) is 290 cm³/mol. The molecule has 0 atom stereocenters. The molecule has 2 heterocycles. The molecule has 0 saturated heterocycles. The number of fused-ring (bicyclic) bond motifs is 3. The zero-order chi connectivity index (χ0) is 46.9. The number of para-hydroxylation sites is 3. The maximum absolute atomic E-state index is 6.74. The lowest BCUT2D eigenvalue weighted by Gasteiger charge is -2.20. The third-order valence-corrected chi connectivity index (χ3v) is 13.0. The van der Waals surface area contributed by atoms with E-state index >= 15 is 0 Å². The normalized spacial score (nSPS) is 11.5. The number of ether oxygens (including phenoxy) is 1. The Labute approximate surface area is 404 Å². The van der Waals surface area contributed by atoms with Gasteiger partial charge in [0.25, 0.3) is 0 Å². The molecule has 0 fully saturated rings. The van der Waals surface area contributed by atoms with Gasteiger partial charge in [-0.05, 0) is 106 Å². The Morgan fingerprint density at radius 2 is 1.01 bits per heavy atom. The van der Waals surface area contributed by atoms with Crippen molar-refractivity contribution >= 4 is 44.6 Å². The Morgan fingerprint density at radius 1 is 0.435 bits per heavy atom. The lowest BCUT2D eigenvalue weighted by atomic mass is 9.86. The van der Waals surface area contributed by atoms with Crippen molar-refractivity contribution in [2.45, 2.75) is 33.1 Å². The molecule has 0 unspecified atom stereocenters. The van der Waals surface area contributed by atoms with Crippen LogP contribution >= 0.6 is 0 Å². The number of pyridine rings is 1. The zero-order valence-corrected chi connectivity index (χ0v) is 39.2. The first-order valence-corrected chi connectivity index (χ1v) is 23.6. The summed E-state index contributed by atoms with van der Waals surface area (Å²) in [5, 5.41) is 9.85. The van der Waals surface area contributed by atoms with Crippen molar-refractivity contribution in [2.24, 2.45) is 0 Å². The Kier molecular flexibility index (Phi) is 11.3.